The van der Waals surface area contributed by atoms with E-state index in [0.29, 0.717) is 12.0 Å². The second kappa shape index (κ2) is 17.6. The lowest BCUT2D eigenvalue weighted by atomic mass is 9.94. The van der Waals surface area contributed by atoms with Crippen molar-refractivity contribution in [1.29, 1.82) is 0 Å². The zero-order chi connectivity index (χ0) is 36.2. The van der Waals surface area contributed by atoms with E-state index in [0.717, 1.165) is 4.90 Å². The lowest BCUT2D eigenvalue weighted by Gasteiger charge is -2.32. The molecule has 18 nitrogen and oxygen atoms in total. The Kier molecular flexibility index (Phi) is 14.3. The van der Waals surface area contributed by atoms with E-state index < -0.39 is 77.6 Å². The predicted molar refractivity (Wildman–Crippen MR) is 170 cm³/mol. The fourth-order valence-electron chi connectivity index (χ4n) is 5.12. The number of carbonyl (C=O) groups is 7. The van der Waals surface area contributed by atoms with Crippen LogP contribution in [0.1, 0.15) is 51.5 Å². The molecule has 0 bridgehead atoms. The van der Waals surface area contributed by atoms with Crippen molar-refractivity contribution in [2.24, 2.45) is 28.1 Å². The number of aliphatic carboxylic acids is 2. The van der Waals surface area contributed by atoms with Gasteiger partial charge in [0.2, 0.25) is 17.7 Å². The maximum Gasteiger partial charge on any atom is 0.326 e. The summed E-state index contributed by atoms with van der Waals surface area (Å²) in [5, 5.41) is 35.8. The average molecular weight is 677 g/mol. The SMILES string of the molecule is CC(C)[C@H](NC(=O)[C@H](CC(=O)O)NC(=O)[C@@H]1CCCN1C(=O)[C@](N)(C=O)CCCN=C(N)N)C(=O)N[C@@H](Cc1ccc(O)cc1)C(=O)O. The number of carbonyl (C=O) groups excluding carboxylic acids is 5. The fraction of sp³-hybridized carbons (Fsp3) is 0.533. The number of guanidine groups is 1. The zero-order valence-corrected chi connectivity index (χ0v) is 26.8. The summed E-state index contributed by atoms with van der Waals surface area (Å²) < 4.78 is 0. The Hall–Kier alpha value is -5.26. The Morgan fingerprint density at radius 2 is 1.67 bits per heavy atom. The molecule has 1 aliphatic rings. The summed E-state index contributed by atoms with van der Waals surface area (Å²) >= 11 is 0. The number of nitrogens with zero attached hydrogens (tertiary/aromatic N) is 2. The third kappa shape index (κ3) is 11.2. The first-order valence-corrected chi connectivity index (χ1v) is 15.2. The predicted octanol–water partition coefficient (Wildman–Crippen LogP) is -2.45. The first kappa shape index (κ1) is 38.9. The van der Waals surface area contributed by atoms with Gasteiger partial charge in [-0.15, -0.1) is 0 Å². The van der Waals surface area contributed by atoms with E-state index >= 15 is 0 Å². The van der Waals surface area contributed by atoms with E-state index in [1.54, 1.807) is 13.8 Å². The smallest absolute Gasteiger partial charge is 0.326 e. The van der Waals surface area contributed by atoms with E-state index in [-0.39, 0.29) is 56.8 Å². The third-order valence-corrected chi connectivity index (χ3v) is 7.72. The van der Waals surface area contributed by atoms with E-state index in [9.17, 15) is 48.9 Å². The molecule has 264 valence electrons. The summed E-state index contributed by atoms with van der Waals surface area (Å²) in [5.74, 6) is -7.25. The van der Waals surface area contributed by atoms with Crippen LogP contribution in [-0.2, 0) is 40.0 Å². The van der Waals surface area contributed by atoms with Crippen molar-refractivity contribution in [3.8, 4) is 5.75 Å². The number of carboxylic acid groups (broad SMARTS) is 2. The van der Waals surface area contributed by atoms with Gasteiger partial charge in [-0.1, -0.05) is 26.0 Å². The third-order valence-electron chi connectivity index (χ3n) is 7.72. The largest absolute Gasteiger partial charge is 0.508 e. The Morgan fingerprint density at radius 3 is 2.21 bits per heavy atom. The minimum Gasteiger partial charge on any atom is -0.508 e. The van der Waals surface area contributed by atoms with Crippen LogP contribution in [0.25, 0.3) is 0 Å². The number of phenolic OH excluding ortho intramolecular Hbond substituents is 1. The standard InChI is InChI=1S/C30H44N8O10/c1-16(2)23(26(45)36-20(27(46)47)13-17-6-8-18(40)9-7-17)37-24(43)19(14-22(41)42)35-25(44)21-5-3-12-38(21)28(48)30(33,15-39)10-4-11-34-29(31)32/h6-9,15-16,19-21,23,40H,3-5,10-14,33H2,1-2H3,(H,35,44)(H,36,45)(H,37,43)(H,41,42)(H,46,47)(H4,31,32,34)/t19-,20-,21-,23-,30+/m0/s1. The van der Waals surface area contributed by atoms with Crippen molar-refractivity contribution in [3.63, 3.8) is 0 Å². The highest BCUT2D eigenvalue weighted by molar-refractivity contribution is 6.03. The Bertz CT molecular complexity index is 1380. The maximum absolute atomic E-state index is 13.4. The van der Waals surface area contributed by atoms with Crippen molar-refractivity contribution in [2.45, 2.75) is 82.1 Å². The second-order valence-corrected chi connectivity index (χ2v) is 11.9. The number of rotatable bonds is 18. The topological polar surface area (TPSA) is 310 Å². The molecule has 48 heavy (non-hydrogen) atoms. The molecule has 5 atom stereocenters. The number of hydrogen-bond acceptors (Lipinski definition) is 10. The fourth-order valence-corrected chi connectivity index (χ4v) is 5.12. The molecule has 1 heterocycles. The molecule has 18 heteroatoms. The van der Waals surface area contributed by atoms with Gasteiger partial charge in [-0.25, -0.2) is 4.79 Å². The number of aldehydes is 1. The highest BCUT2D eigenvalue weighted by Gasteiger charge is 2.44. The van der Waals surface area contributed by atoms with Crippen molar-refractivity contribution in [3.05, 3.63) is 29.8 Å². The molecular formula is C30H44N8O10. The van der Waals surface area contributed by atoms with Crippen molar-refractivity contribution < 1.29 is 48.9 Å². The summed E-state index contributed by atoms with van der Waals surface area (Å²) in [5.41, 5.74) is 15.2. The molecule has 0 saturated carbocycles. The molecule has 0 aromatic heterocycles. The van der Waals surface area contributed by atoms with Gasteiger partial charge in [0, 0.05) is 19.5 Å². The highest BCUT2D eigenvalue weighted by atomic mass is 16.4. The van der Waals surface area contributed by atoms with Crippen LogP contribution in [-0.4, -0.2) is 111 Å². The van der Waals surface area contributed by atoms with Crippen LogP contribution in [0, 0.1) is 5.92 Å². The van der Waals surface area contributed by atoms with Gasteiger partial charge in [-0.05, 0) is 49.3 Å². The van der Waals surface area contributed by atoms with Crippen LogP contribution in [0.5, 0.6) is 5.75 Å². The lowest BCUT2D eigenvalue weighted by Crippen LogP contribution is -2.61. The average Bonchev–Trinajstić information content (AvgIpc) is 3.51. The number of carboxylic acids is 2. The molecule has 0 radical (unpaired) electrons. The van der Waals surface area contributed by atoms with Crippen LogP contribution < -0.4 is 33.2 Å². The number of aliphatic imine (C=N–C) groups is 1. The van der Waals surface area contributed by atoms with Crippen LogP contribution in [0.3, 0.4) is 0 Å². The van der Waals surface area contributed by atoms with Gasteiger partial charge in [0.05, 0.1) is 6.42 Å². The molecule has 4 amide bonds. The molecule has 0 aliphatic carbocycles. The maximum atomic E-state index is 13.4. The monoisotopic (exact) mass is 676 g/mol. The van der Waals surface area contributed by atoms with Crippen LogP contribution >= 0.6 is 0 Å². The Balaban J connectivity index is 2.18. The molecule has 1 fully saturated rings. The quantitative estimate of drug-likeness (QED) is 0.0257. The van der Waals surface area contributed by atoms with Gasteiger partial charge in [-0.3, -0.25) is 29.0 Å². The highest BCUT2D eigenvalue weighted by Crippen LogP contribution is 2.23. The molecule has 1 aliphatic heterocycles. The molecule has 12 N–H and O–H groups in total. The van der Waals surface area contributed by atoms with Crippen molar-refractivity contribution in [2.75, 3.05) is 13.1 Å². The van der Waals surface area contributed by atoms with Gasteiger partial charge in [-0.2, -0.15) is 0 Å². The molecule has 1 saturated heterocycles. The molecule has 1 aromatic carbocycles. The van der Waals surface area contributed by atoms with Crippen LogP contribution in [0.15, 0.2) is 29.3 Å². The number of amides is 4. The number of nitrogens with two attached hydrogens (primary N) is 3. The van der Waals surface area contributed by atoms with Gasteiger partial charge >= 0.3 is 11.9 Å². The number of benzene rings is 1. The summed E-state index contributed by atoms with van der Waals surface area (Å²) in [7, 11) is 0. The molecule has 2 rings (SSSR count). The molecular weight excluding hydrogens is 632 g/mol. The Labute approximate surface area is 276 Å². The van der Waals surface area contributed by atoms with Gasteiger partial charge in [0.1, 0.15) is 36.2 Å². The summed E-state index contributed by atoms with van der Waals surface area (Å²) in [6.07, 6.45) is -0.211. The number of nitrogens with one attached hydrogen (secondary N) is 3. The van der Waals surface area contributed by atoms with Crippen LogP contribution in [0.4, 0.5) is 0 Å². The zero-order valence-electron chi connectivity index (χ0n) is 26.8. The first-order chi connectivity index (χ1) is 22.5. The van der Waals surface area contributed by atoms with Crippen molar-refractivity contribution >= 4 is 47.8 Å². The minimum atomic E-state index is -1.99. The lowest BCUT2D eigenvalue weighted by molar-refractivity contribution is -0.146. The Morgan fingerprint density at radius 1 is 1.02 bits per heavy atom. The summed E-state index contributed by atoms with van der Waals surface area (Å²) in [6.45, 7) is 3.30. The number of hydrogen-bond donors (Lipinski definition) is 9. The number of likely N-dealkylation sites (tertiary alicyclic amines) is 1. The van der Waals surface area contributed by atoms with Gasteiger partial charge < -0.3 is 58.2 Å². The van der Waals surface area contributed by atoms with Gasteiger partial charge in [0.15, 0.2) is 11.5 Å². The van der Waals surface area contributed by atoms with E-state index in [4.69, 9.17) is 17.2 Å². The molecule has 0 spiro atoms. The van der Waals surface area contributed by atoms with E-state index in [1.807, 2.05) is 0 Å². The normalized spacial score (nSPS) is 17.2. The second-order valence-electron chi connectivity index (χ2n) is 11.9. The minimum absolute atomic E-state index is 0.0306. The number of phenols is 1. The van der Waals surface area contributed by atoms with Crippen LogP contribution in [0.2, 0.25) is 0 Å². The summed E-state index contributed by atoms with van der Waals surface area (Å²) in [4.78, 5) is 93.5. The summed E-state index contributed by atoms with van der Waals surface area (Å²) in [6, 6.07) is 0.0740. The van der Waals surface area contributed by atoms with Crippen molar-refractivity contribution in [1.82, 2.24) is 20.9 Å². The first-order valence-electron chi connectivity index (χ1n) is 15.2. The number of aromatic hydroxyl groups is 1. The molecule has 1 aromatic rings. The van der Waals surface area contributed by atoms with Gasteiger partial charge in [0.25, 0.3) is 5.91 Å². The van der Waals surface area contributed by atoms with E-state index in [2.05, 4.69) is 20.9 Å². The molecule has 0 unspecified atom stereocenters. The van der Waals surface area contributed by atoms with E-state index in [1.165, 1.54) is 24.3 Å².